The van der Waals surface area contributed by atoms with Crippen LogP contribution < -0.4 is 10.1 Å². The van der Waals surface area contributed by atoms with Crippen LogP contribution in [0.5, 0.6) is 5.75 Å². The van der Waals surface area contributed by atoms with E-state index in [-0.39, 0.29) is 0 Å². The average molecular weight is 320 g/mol. The first kappa shape index (κ1) is 12.8. The highest BCUT2D eigenvalue weighted by Gasteiger charge is 2.21. The van der Waals surface area contributed by atoms with Crippen molar-refractivity contribution >= 4 is 15.9 Å². The predicted molar refractivity (Wildman–Crippen MR) is 81.2 cm³/mol. The van der Waals surface area contributed by atoms with Gasteiger partial charge in [0, 0.05) is 4.47 Å². The molecule has 0 aliphatic carbocycles. The molecule has 0 saturated heterocycles. The number of rotatable bonds is 3. The topological polar surface area (TPSA) is 21.3 Å². The van der Waals surface area contributed by atoms with Crippen molar-refractivity contribution < 1.29 is 4.74 Å². The molecule has 1 unspecified atom stereocenters. The molecule has 0 aromatic heterocycles. The lowest BCUT2D eigenvalue weighted by atomic mass is 9.87. The maximum absolute atomic E-state index is 5.74. The number of dihydropyridines is 1. The molecule has 3 rings (SSSR count). The average Bonchev–Trinajstić information content (AvgIpc) is 2.46. The number of hydrogen-bond acceptors (Lipinski definition) is 2. The smallest absolute Gasteiger partial charge is 0.122 e. The zero-order valence-electron chi connectivity index (χ0n) is 10.9. The lowest BCUT2D eigenvalue weighted by molar-refractivity contribution is 0.263. The van der Waals surface area contributed by atoms with Crippen molar-refractivity contribution in [2.45, 2.75) is 31.6 Å². The van der Waals surface area contributed by atoms with Crippen molar-refractivity contribution in [1.82, 2.24) is 5.32 Å². The molecular weight excluding hydrogens is 302 g/mol. The van der Waals surface area contributed by atoms with Crippen LogP contribution in [0.15, 0.2) is 46.7 Å². The van der Waals surface area contributed by atoms with Crippen molar-refractivity contribution in [1.29, 1.82) is 0 Å². The maximum atomic E-state index is 5.74. The highest BCUT2D eigenvalue weighted by molar-refractivity contribution is 9.10. The molecule has 0 spiro atoms. The number of nitrogens with one attached hydrogen (secondary N) is 1. The number of allylic oxidation sites excluding steroid dienone is 2. The third kappa shape index (κ3) is 3.03. The summed E-state index contributed by atoms with van der Waals surface area (Å²) in [6, 6.07) is 6.35. The normalized spacial score (nSPS) is 21.1. The minimum absolute atomic E-state index is 0.619. The predicted octanol–water partition coefficient (Wildman–Crippen LogP) is 4.49. The Labute approximate surface area is 122 Å². The van der Waals surface area contributed by atoms with Gasteiger partial charge >= 0.3 is 0 Å². The molecule has 0 amide bonds. The summed E-state index contributed by atoms with van der Waals surface area (Å²) in [6.45, 7) is 0.844. The SMILES string of the molecule is Brc1ccc2c(c1)C(CCC1=CNC=CC1)CCO2. The Kier molecular flexibility index (Phi) is 3.92. The fourth-order valence-corrected chi connectivity index (χ4v) is 3.15. The summed E-state index contributed by atoms with van der Waals surface area (Å²) in [6.07, 6.45) is 10.9. The number of hydrogen-bond donors (Lipinski definition) is 1. The molecule has 0 radical (unpaired) electrons. The van der Waals surface area contributed by atoms with Gasteiger partial charge in [-0.25, -0.2) is 0 Å². The monoisotopic (exact) mass is 319 g/mol. The Morgan fingerprint density at radius 2 is 2.32 bits per heavy atom. The summed E-state index contributed by atoms with van der Waals surface area (Å²) in [5, 5.41) is 3.18. The van der Waals surface area contributed by atoms with Crippen LogP contribution in [-0.4, -0.2) is 6.61 Å². The van der Waals surface area contributed by atoms with Gasteiger partial charge in [0.05, 0.1) is 6.61 Å². The Hall–Kier alpha value is -1.22. The fourth-order valence-electron chi connectivity index (χ4n) is 2.77. The minimum atomic E-state index is 0.619. The quantitative estimate of drug-likeness (QED) is 0.886. The molecule has 3 heteroatoms. The van der Waals surface area contributed by atoms with E-state index in [9.17, 15) is 0 Å². The van der Waals surface area contributed by atoms with Crippen LogP contribution in [0.25, 0.3) is 0 Å². The van der Waals surface area contributed by atoms with Gasteiger partial charge in [-0.05, 0) is 67.8 Å². The van der Waals surface area contributed by atoms with E-state index in [1.165, 1.54) is 17.6 Å². The van der Waals surface area contributed by atoms with Crippen molar-refractivity contribution in [3.05, 3.63) is 52.3 Å². The zero-order chi connectivity index (χ0) is 13.1. The van der Waals surface area contributed by atoms with E-state index >= 15 is 0 Å². The van der Waals surface area contributed by atoms with Gasteiger partial charge in [0.15, 0.2) is 0 Å². The molecule has 1 aromatic rings. The summed E-state index contributed by atoms with van der Waals surface area (Å²) in [4.78, 5) is 0. The second kappa shape index (κ2) is 5.83. The Morgan fingerprint density at radius 1 is 1.37 bits per heavy atom. The van der Waals surface area contributed by atoms with E-state index in [0.29, 0.717) is 5.92 Å². The molecular formula is C16H18BrNO. The molecule has 1 atom stereocenters. The molecule has 2 aliphatic rings. The summed E-state index contributed by atoms with van der Waals surface area (Å²) < 4.78 is 6.88. The Balaban J connectivity index is 1.69. The van der Waals surface area contributed by atoms with Crippen molar-refractivity contribution in [2.24, 2.45) is 0 Å². The molecule has 0 fully saturated rings. The second-order valence-electron chi connectivity index (χ2n) is 5.13. The molecule has 1 N–H and O–H groups in total. The van der Waals surface area contributed by atoms with Crippen LogP contribution in [0.4, 0.5) is 0 Å². The standard InChI is InChI=1S/C16H18BrNO/c17-14-5-6-16-15(10-14)13(7-9-19-16)4-3-12-2-1-8-18-11-12/h1,5-6,8,10-11,13,18H,2-4,7,9H2. The lowest BCUT2D eigenvalue weighted by Crippen LogP contribution is -2.14. The van der Waals surface area contributed by atoms with E-state index in [4.69, 9.17) is 4.74 Å². The van der Waals surface area contributed by atoms with Gasteiger partial charge in [-0.2, -0.15) is 0 Å². The summed E-state index contributed by atoms with van der Waals surface area (Å²) in [5.41, 5.74) is 2.85. The largest absolute Gasteiger partial charge is 0.493 e. The minimum Gasteiger partial charge on any atom is -0.493 e. The molecule has 1 aromatic carbocycles. The van der Waals surface area contributed by atoms with Crippen molar-refractivity contribution in [2.75, 3.05) is 6.61 Å². The first-order valence-electron chi connectivity index (χ1n) is 6.84. The van der Waals surface area contributed by atoms with Crippen LogP contribution in [0.3, 0.4) is 0 Å². The van der Waals surface area contributed by atoms with Gasteiger partial charge in [0.25, 0.3) is 0 Å². The van der Waals surface area contributed by atoms with Gasteiger partial charge in [0.1, 0.15) is 5.75 Å². The first-order valence-corrected chi connectivity index (χ1v) is 7.63. The van der Waals surface area contributed by atoms with E-state index in [1.807, 2.05) is 6.20 Å². The fraction of sp³-hybridized carbons (Fsp3) is 0.375. The summed E-state index contributed by atoms with van der Waals surface area (Å²) >= 11 is 3.56. The number of halogens is 1. The van der Waals surface area contributed by atoms with Crippen molar-refractivity contribution in [3.63, 3.8) is 0 Å². The van der Waals surface area contributed by atoms with E-state index < -0.39 is 0 Å². The van der Waals surface area contributed by atoms with Crippen molar-refractivity contribution in [3.8, 4) is 5.75 Å². The molecule has 2 aliphatic heterocycles. The maximum Gasteiger partial charge on any atom is 0.122 e. The van der Waals surface area contributed by atoms with Gasteiger partial charge < -0.3 is 10.1 Å². The third-order valence-electron chi connectivity index (χ3n) is 3.83. The number of ether oxygens (including phenoxy) is 1. The molecule has 2 nitrogen and oxygen atoms in total. The highest BCUT2D eigenvalue weighted by atomic mass is 79.9. The van der Waals surface area contributed by atoms with Crippen LogP contribution in [-0.2, 0) is 0 Å². The molecule has 0 bridgehead atoms. The second-order valence-corrected chi connectivity index (χ2v) is 6.05. The number of benzene rings is 1. The van der Waals surface area contributed by atoms with E-state index in [0.717, 1.165) is 36.1 Å². The summed E-state index contributed by atoms with van der Waals surface area (Å²) in [7, 11) is 0. The Morgan fingerprint density at radius 3 is 3.16 bits per heavy atom. The molecule has 2 heterocycles. The number of fused-ring (bicyclic) bond motifs is 1. The lowest BCUT2D eigenvalue weighted by Gasteiger charge is -2.26. The van der Waals surface area contributed by atoms with Gasteiger partial charge in [-0.3, -0.25) is 0 Å². The Bertz CT molecular complexity index is 521. The molecule has 19 heavy (non-hydrogen) atoms. The van der Waals surface area contributed by atoms with Crippen LogP contribution in [0.1, 0.15) is 37.2 Å². The van der Waals surface area contributed by atoms with Crippen LogP contribution >= 0.6 is 15.9 Å². The molecule has 100 valence electrons. The van der Waals surface area contributed by atoms with Gasteiger partial charge in [-0.1, -0.05) is 27.6 Å². The van der Waals surface area contributed by atoms with Crippen LogP contribution in [0.2, 0.25) is 0 Å². The van der Waals surface area contributed by atoms with E-state index in [1.54, 1.807) is 0 Å². The van der Waals surface area contributed by atoms with Crippen LogP contribution in [0, 0.1) is 0 Å². The zero-order valence-corrected chi connectivity index (χ0v) is 12.4. The first-order chi connectivity index (χ1) is 9.33. The van der Waals surface area contributed by atoms with Gasteiger partial charge in [0.2, 0.25) is 0 Å². The highest BCUT2D eigenvalue weighted by Crippen LogP contribution is 2.38. The third-order valence-corrected chi connectivity index (χ3v) is 4.32. The molecule has 0 saturated carbocycles. The summed E-state index contributed by atoms with van der Waals surface area (Å²) in [5.74, 6) is 1.68. The van der Waals surface area contributed by atoms with E-state index in [2.05, 4.69) is 51.7 Å². The van der Waals surface area contributed by atoms with Gasteiger partial charge in [-0.15, -0.1) is 0 Å².